The van der Waals surface area contributed by atoms with Crippen LogP contribution in [0.3, 0.4) is 0 Å². The van der Waals surface area contributed by atoms with Crippen molar-refractivity contribution < 1.29 is 27.9 Å². The minimum Gasteiger partial charge on any atom is -0.478 e. The van der Waals surface area contributed by atoms with Crippen LogP contribution in [-0.2, 0) is 26.2 Å². The molecule has 0 aliphatic heterocycles. The summed E-state index contributed by atoms with van der Waals surface area (Å²) >= 11 is 0. The summed E-state index contributed by atoms with van der Waals surface area (Å²) < 4.78 is 40.5. The molecule has 0 radical (unpaired) electrons. The van der Waals surface area contributed by atoms with E-state index >= 15 is 0 Å². The lowest BCUT2D eigenvalue weighted by atomic mass is 10.0. The van der Waals surface area contributed by atoms with Crippen LogP contribution in [0, 0.1) is 0 Å². The standard InChI is InChI=1S/C25H21F3N6O3/c1-34-11-18(33-17-5-3-14-9-15(24(36)37)2-4-16(14)17)20-22(34)21(32-12-31-20)23(35)30-10-13-6-7-29-19(8-13)25(26,27)28/h2,4,6-9,11-12,17,33H,3,5,10H2,1H3,(H,30,35)(H,36,37). The third-order valence-electron chi connectivity index (χ3n) is 6.33. The summed E-state index contributed by atoms with van der Waals surface area (Å²) in [6.45, 7) is -0.136. The Bertz CT molecular complexity index is 1530. The number of aryl methyl sites for hydroxylation is 2. The summed E-state index contributed by atoms with van der Waals surface area (Å²) in [4.78, 5) is 36.0. The van der Waals surface area contributed by atoms with E-state index in [2.05, 4.69) is 25.6 Å². The molecule has 1 amide bonds. The Balaban J connectivity index is 1.37. The maximum absolute atomic E-state index is 12.9. The monoisotopic (exact) mass is 510 g/mol. The average molecular weight is 510 g/mol. The number of carboxylic acids is 1. The second-order valence-corrected chi connectivity index (χ2v) is 8.76. The third kappa shape index (κ3) is 4.69. The van der Waals surface area contributed by atoms with Crippen LogP contribution in [0.1, 0.15) is 55.7 Å². The van der Waals surface area contributed by atoms with Crippen LogP contribution in [0.4, 0.5) is 18.9 Å². The van der Waals surface area contributed by atoms with Crippen LogP contribution in [0.2, 0.25) is 0 Å². The van der Waals surface area contributed by atoms with Crippen LogP contribution >= 0.6 is 0 Å². The second kappa shape index (κ2) is 9.19. The Morgan fingerprint density at radius 3 is 2.73 bits per heavy atom. The number of halogens is 3. The van der Waals surface area contributed by atoms with Crippen LogP contribution in [0.15, 0.2) is 49.1 Å². The van der Waals surface area contributed by atoms with E-state index in [1.54, 1.807) is 29.9 Å². The number of carbonyl (C=O) groups is 2. The first-order valence-electron chi connectivity index (χ1n) is 11.3. The van der Waals surface area contributed by atoms with Crippen molar-refractivity contribution in [3.05, 3.63) is 82.7 Å². The quantitative estimate of drug-likeness (QED) is 0.357. The number of aromatic nitrogens is 4. The first-order valence-corrected chi connectivity index (χ1v) is 11.3. The number of nitrogens with zero attached hydrogens (tertiary/aromatic N) is 4. The molecule has 1 aromatic carbocycles. The molecule has 9 nitrogen and oxygen atoms in total. The van der Waals surface area contributed by atoms with E-state index in [1.807, 2.05) is 6.07 Å². The molecule has 0 saturated heterocycles. The van der Waals surface area contributed by atoms with E-state index in [-0.39, 0.29) is 29.4 Å². The number of alkyl halides is 3. The molecule has 0 saturated carbocycles. The SMILES string of the molecule is Cn1cc(NC2CCc3cc(C(=O)O)ccc32)c2ncnc(C(=O)NCc3ccnc(C(F)(F)F)c3)c21. The largest absolute Gasteiger partial charge is 0.478 e. The van der Waals surface area contributed by atoms with Gasteiger partial charge in [-0.1, -0.05) is 6.07 Å². The maximum Gasteiger partial charge on any atom is 0.433 e. The highest BCUT2D eigenvalue weighted by atomic mass is 19.4. The number of anilines is 1. The molecule has 1 aliphatic rings. The van der Waals surface area contributed by atoms with E-state index in [1.165, 1.54) is 12.4 Å². The Hall–Kier alpha value is -4.48. The summed E-state index contributed by atoms with van der Waals surface area (Å²) in [5.74, 6) is -1.53. The molecule has 12 heteroatoms. The summed E-state index contributed by atoms with van der Waals surface area (Å²) in [6, 6.07) is 7.30. The molecule has 3 aromatic heterocycles. The predicted octanol–water partition coefficient (Wildman–Crippen LogP) is 4.11. The summed E-state index contributed by atoms with van der Waals surface area (Å²) in [7, 11) is 1.74. The van der Waals surface area contributed by atoms with Gasteiger partial charge in [-0.05, 0) is 53.8 Å². The van der Waals surface area contributed by atoms with Gasteiger partial charge in [0.05, 0.1) is 17.3 Å². The Morgan fingerprint density at radius 1 is 1.16 bits per heavy atom. The molecular weight excluding hydrogens is 489 g/mol. The smallest absolute Gasteiger partial charge is 0.433 e. The van der Waals surface area contributed by atoms with Gasteiger partial charge < -0.3 is 20.3 Å². The van der Waals surface area contributed by atoms with E-state index in [9.17, 15) is 27.9 Å². The zero-order chi connectivity index (χ0) is 26.3. The molecule has 1 aliphatic carbocycles. The van der Waals surface area contributed by atoms with Gasteiger partial charge in [-0.3, -0.25) is 9.78 Å². The number of carboxylic acid groups (broad SMARTS) is 1. The van der Waals surface area contributed by atoms with Gasteiger partial charge in [0.2, 0.25) is 0 Å². The topological polar surface area (TPSA) is 122 Å². The van der Waals surface area contributed by atoms with Gasteiger partial charge in [-0.2, -0.15) is 13.2 Å². The van der Waals surface area contributed by atoms with Crippen molar-refractivity contribution in [1.29, 1.82) is 0 Å². The molecule has 0 fully saturated rings. The van der Waals surface area contributed by atoms with Crippen LogP contribution < -0.4 is 10.6 Å². The zero-order valence-electron chi connectivity index (χ0n) is 19.5. The number of aromatic carboxylic acids is 1. The van der Waals surface area contributed by atoms with Crippen molar-refractivity contribution in [2.75, 3.05) is 5.32 Å². The normalized spacial score (nSPS) is 15.0. The number of nitrogens with one attached hydrogen (secondary N) is 2. The molecule has 3 N–H and O–H groups in total. The predicted molar refractivity (Wildman–Crippen MR) is 127 cm³/mol. The highest BCUT2D eigenvalue weighted by Gasteiger charge is 2.32. The summed E-state index contributed by atoms with van der Waals surface area (Å²) in [6.07, 6.45) is 1.01. The van der Waals surface area contributed by atoms with E-state index in [0.717, 1.165) is 36.2 Å². The van der Waals surface area contributed by atoms with Gasteiger partial charge in [-0.25, -0.2) is 14.8 Å². The number of pyridine rings is 1. The second-order valence-electron chi connectivity index (χ2n) is 8.76. The first-order chi connectivity index (χ1) is 17.6. The van der Waals surface area contributed by atoms with Gasteiger partial charge in [0.25, 0.3) is 5.91 Å². The Labute approximate surface area is 208 Å². The zero-order valence-corrected chi connectivity index (χ0v) is 19.5. The first kappa shape index (κ1) is 24.2. The number of amides is 1. The maximum atomic E-state index is 12.9. The number of fused-ring (bicyclic) bond motifs is 2. The molecule has 0 spiro atoms. The molecular formula is C25H21F3N6O3. The fraction of sp³-hybridized carbons (Fsp3) is 0.240. The fourth-order valence-electron chi connectivity index (χ4n) is 4.59. The molecule has 37 heavy (non-hydrogen) atoms. The van der Waals surface area contributed by atoms with Gasteiger partial charge in [0, 0.05) is 26.0 Å². The Morgan fingerprint density at radius 2 is 1.97 bits per heavy atom. The van der Waals surface area contributed by atoms with Gasteiger partial charge >= 0.3 is 12.1 Å². The molecule has 5 rings (SSSR count). The van der Waals surface area contributed by atoms with Crippen LogP contribution in [0.5, 0.6) is 0 Å². The number of hydrogen-bond donors (Lipinski definition) is 3. The van der Waals surface area contributed by atoms with E-state index in [0.29, 0.717) is 16.7 Å². The molecule has 4 aromatic rings. The highest BCUT2D eigenvalue weighted by molar-refractivity contribution is 6.06. The molecule has 1 atom stereocenters. The van der Waals surface area contributed by atoms with Crippen molar-refractivity contribution in [1.82, 2.24) is 24.8 Å². The number of carbonyl (C=O) groups excluding carboxylic acids is 1. The lowest BCUT2D eigenvalue weighted by Gasteiger charge is -2.14. The van der Waals surface area contributed by atoms with Gasteiger partial charge in [0.1, 0.15) is 23.1 Å². The van der Waals surface area contributed by atoms with Crippen LogP contribution in [-0.4, -0.2) is 36.5 Å². The number of benzene rings is 1. The Kier molecular flexibility index (Phi) is 6.02. The average Bonchev–Trinajstić information content (AvgIpc) is 3.42. The van der Waals surface area contributed by atoms with Crippen molar-refractivity contribution >= 4 is 28.6 Å². The van der Waals surface area contributed by atoms with E-state index < -0.39 is 23.7 Å². The van der Waals surface area contributed by atoms with Crippen molar-refractivity contribution in [3.8, 4) is 0 Å². The van der Waals surface area contributed by atoms with Crippen molar-refractivity contribution in [2.45, 2.75) is 31.6 Å². The highest BCUT2D eigenvalue weighted by Crippen LogP contribution is 2.36. The summed E-state index contributed by atoms with van der Waals surface area (Å²) in [5, 5.41) is 15.3. The molecule has 190 valence electrons. The minimum absolute atomic E-state index is 0.0646. The molecule has 1 unspecified atom stereocenters. The lowest BCUT2D eigenvalue weighted by Crippen LogP contribution is -2.25. The fourth-order valence-corrected chi connectivity index (χ4v) is 4.59. The van der Waals surface area contributed by atoms with E-state index in [4.69, 9.17) is 0 Å². The number of hydrogen-bond acceptors (Lipinski definition) is 6. The van der Waals surface area contributed by atoms with Crippen molar-refractivity contribution in [3.63, 3.8) is 0 Å². The minimum atomic E-state index is -4.58. The number of rotatable bonds is 6. The van der Waals surface area contributed by atoms with Gasteiger partial charge in [0.15, 0.2) is 5.69 Å². The van der Waals surface area contributed by atoms with Gasteiger partial charge in [-0.15, -0.1) is 0 Å². The molecule has 0 bridgehead atoms. The van der Waals surface area contributed by atoms with Crippen LogP contribution in [0.25, 0.3) is 11.0 Å². The molecule has 3 heterocycles. The lowest BCUT2D eigenvalue weighted by molar-refractivity contribution is -0.141. The van der Waals surface area contributed by atoms with Crippen molar-refractivity contribution in [2.24, 2.45) is 7.05 Å². The summed E-state index contributed by atoms with van der Waals surface area (Å²) in [5.41, 5.74) is 3.18. The third-order valence-corrected chi connectivity index (χ3v) is 6.33.